The van der Waals surface area contributed by atoms with Crippen molar-refractivity contribution in [3.8, 4) is 0 Å². The molecule has 0 fully saturated rings. The molecule has 0 bridgehead atoms. The zero-order valence-electron chi connectivity index (χ0n) is 18.4. The van der Waals surface area contributed by atoms with E-state index < -0.39 is 0 Å². The van der Waals surface area contributed by atoms with Crippen molar-refractivity contribution in [1.29, 1.82) is 0 Å². The van der Waals surface area contributed by atoms with E-state index in [1.54, 1.807) is 6.33 Å². The van der Waals surface area contributed by atoms with Gasteiger partial charge in [0.1, 0.15) is 12.2 Å². The number of nitrogens with one attached hydrogen (secondary N) is 2. The maximum absolute atomic E-state index is 5.40. The summed E-state index contributed by atoms with van der Waals surface area (Å²) in [7, 11) is 0. The van der Waals surface area contributed by atoms with Crippen LogP contribution in [-0.4, -0.2) is 53.1 Å². The molecule has 1 aromatic heterocycles. The smallest absolute Gasteiger partial charge is 0.191 e. The highest BCUT2D eigenvalue weighted by atomic mass is 127. The second-order valence-corrected chi connectivity index (χ2v) is 7.37. The topological polar surface area (TPSA) is 76.4 Å². The molecular formula is C20H41IN6O. The number of rotatable bonds is 14. The number of hydrogen-bond acceptors (Lipinski definition) is 4. The first-order valence-electron chi connectivity index (χ1n) is 10.6. The van der Waals surface area contributed by atoms with Crippen LogP contribution in [0.15, 0.2) is 11.3 Å². The molecule has 0 saturated heterocycles. The van der Waals surface area contributed by atoms with E-state index in [2.05, 4.69) is 53.1 Å². The number of aryl methyl sites for hydroxylation is 1. The molecule has 0 amide bonds. The van der Waals surface area contributed by atoms with Gasteiger partial charge in [0.05, 0.1) is 0 Å². The van der Waals surface area contributed by atoms with Gasteiger partial charge in [-0.1, -0.05) is 33.6 Å². The number of guanidine groups is 1. The van der Waals surface area contributed by atoms with Crippen LogP contribution in [0.1, 0.15) is 66.1 Å². The molecule has 164 valence electrons. The Morgan fingerprint density at radius 1 is 1.21 bits per heavy atom. The molecular weight excluding hydrogens is 467 g/mol. The number of hydrogen-bond donors (Lipinski definition) is 2. The van der Waals surface area contributed by atoms with Crippen LogP contribution in [0.5, 0.6) is 0 Å². The fourth-order valence-corrected chi connectivity index (χ4v) is 2.83. The van der Waals surface area contributed by atoms with Crippen LogP contribution >= 0.6 is 24.0 Å². The molecule has 1 unspecified atom stereocenters. The lowest BCUT2D eigenvalue weighted by molar-refractivity contribution is 0.146. The second-order valence-electron chi connectivity index (χ2n) is 7.37. The van der Waals surface area contributed by atoms with Crippen molar-refractivity contribution >= 4 is 29.9 Å². The first-order valence-corrected chi connectivity index (χ1v) is 10.6. The maximum Gasteiger partial charge on any atom is 0.191 e. The van der Waals surface area contributed by atoms with Crippen molar-refractivity contribution < 1.29 is 4.74 Å². The highest BCUT2D eigenvalue weighted by Crippen LogP contribution is 2.08. The average molecular weight is 508 g/mol. The van der Waals surface area contributed by atoms with E-state index in [1.165, 1.54) is 12.8 Å². The van der Waals surface area contributed by atoms with Crippen molar-refractivity contribution in [3.05, 3.63) is 12.2 Å². The Bertz CT molecular complexity index is 521. The van der Waals surface area contributed by atoms with E-state index in [0.717, 1.165) is 69.8 Å². The van der Waals surface area contributed by atoms with Crippen LogP contribution in [0.4, 0.5) is 0 Å². The number of aromatic nitrogens is 3. The minimum Gasteiger partial charge on any atom is -0.382 e. The van der Waals surface area contributed by atoms with E-state index in [1.807, 2.05) is 6.92 Å². The SMILES string of the molecule is CCOCCCN=C(NCCn1cnnc1CC)NC(C)CCCC(C)C.I. The van der Waals surface area contributed by atoms with Crippen molar-refractivity contribution in [2.24, 2.45) is 10.9 Å². The van der Waals surface area contributed by atoms with Gasteiger partial charge in [-0.3, -0.25) is 4.99 Å². The van der Waals surface area contributed by atoms with Gasteiger partial charge in [-0.05, 0) is 32.6 Å². The van der Waals surface area contributed by atoms with Crippen LogP contribution in [-0.2, 0) is 17.7 Å². The van der Waals surface area contributed by atoms with Crippen molar-refractivity contribution in [2.45, 2.75) is 79.3 Å². The molecule has 0 aliphatic carbocycles. The third-order valence-corrected chi connectivity index (χ3v) is 4.38. The van der Waals surface area contributed by atoms with E-state index >= 15 is 0 Å². The van der Waals surface area contributed by atoms with Crippen LogP contribution in [0, 0.1) is 5.92 Å². The Balaban J connectivity index is 0.00000729. The Morgan fingerprint density at radius 2 is 2.00 bits per heavy atom. The number of nitrogens with zero attached hydrogens (tertiary/aromatic N) is 4. The van der Waals surface area contributed by atoms with Gasteiger partial charge in [0, 0.05) is 45.3 Å². The van der Waals surface area contributed by atoms with Gasteiger partial charge >= 0.3 is 0 Å². The third-order valence-electron chi connectivity index (χ3n) is 4.38. The highest BCUT2D eigenvalue weighted by molar-refractivity contribution is 14.0. The predicted octanol–water partition coefficient (Wildman–Crippen LogP) is 3.64. The Morgan fingerprint density at radius 3 is 2.68 bits per heavy atom. The normalized spacial score (nSPS) is 12.7. The van der Waals surface area contributed by atoms with Crippen LogP contribution in [0.25, 0.3) is 0 Å². The van der Waals surface area contributed by atoms with Gasteiger partial charge in [-0.25, -0.2) is 0 Å². The molecule has 7 nitrogen and oxygen atoms in total. The summed E-state index contributed by atoms with van der Waals surface area (Å²) in [6.45, 7) is 14.8. The highest BCUT2D eigenvalue weighted by Gasteiger charge is 2.07. The zero-order valence-corrected chi connectivity index (χ0v) is 20.7. The molecule has 8 heteroatoms. The zero-order chi connectivity index (χ0) is 19.9. The summed E-state index contributed by atoms with van der Waals surface area (Å²) < 4.78 is 7.49. The molecule has 1 rings (SSSR count). The summed E-state index contributed by atoms with van der Waals surface area (Å²) in [5, 5.41) is 15.1. The van der Waals surface area contributed by atoms with Gasteiger partial charge in [0.2, 0.25) is 0 Å². The van der Waals surface area contributed by atoms with Crippen molar-refractivity contribution in [1.82, 2.24) is 25.4 Å². The Labute approximate surface area is 188 Å². The molecule has 1 aromatic rings. The van der Waals surface area contributed by atoms with Gasteiger partial charge in [0.15, 0.2) is 5.96 Å². The third kappa shape index (κ3) is 12.5. The van der Waals surface area contributed by atoms with Crippen LogP contribution < -0.4 is 10.6 Å². The first kappa shape index (κ1) is 27.1. The first-order chi connectivity index (χ1) is 13.1. The van der Waals surface area contributed by atoms with E-state index in [9.17, 15) is 0 Å². The standard InChI is InChI=1S/C20H40N6O.HI/c1-6-19-25-23-16-26(19)14-13-22-20(21-12-9-15-27-7-2)24-18(5)11-8-10-17(3)4;/h16-18H,6-15H2,1-5H3,(H2,21,22,24);1H. The molecule has 0 aliphatic heterocycles. The predicted molar refractivity (Wildman–Crippen MR) is 128 cm³/mol. The quantitative estimate of drug-likeness (QED) is 0.174. The minimum absolute atomic E-state index is 0. The van der Waals surface area contributed by atoms with Crippen LogP contribution in [0.3, 0.4) is 0 Å². The maximum atomic E-state index is 5.40. The van der Waals surface area contributed by atoms with Gasteiger partial charge < -0.3 is 19.9 Å². The summed E-state index contributed by atoms with van der Waals surface area (Å²) in [5.74, 6) is 2.66. The lowest BCUT2D eigenvalue weighted by Gasteiger charge is -2.19. The number of ether oxygens (including phenoxy) is 1. The molecule has 0 radical (unpaired) electrons. The van der Waals surface area contributed by atoms with Gasteiger partial charge in [-0.2, -0.15) is 0 Å². The van der Waals surface area contributed by atoms with Gasteiger partial charge in [0.25, 0.3) is 0 Å². The summed E-state index contributed by atoms with van der Waals surface area (Å²) in [6, 6.07) is 0.406. The molecule has 1 atom stereocenters. The average Bonchev–Trinajstić information content (AvgIpc) is 3.08. The molecule has 28 heavy (non-hydrogen) atoms. The van der Waals surface area contributed by atoms with Crippen molar-refractivity contribution in [2.75, 3.05) is 26.3 Å². The molecule has 0 saturated carbocycles. The molecule has 0 aliphatic rings. The Kier molecular flexibility index (Phi) is 16.5. The Hall–Kier alpha value is -0.900. The molecule has 2 N–H and O–H groups in total. The lowest BCUT2D eigenvalue weighted by Crippen LogP contribution is -2.43. The van der Waals surface area contributed by atoms with Crippen LogP contribution in [0.2, 0.25) is 0 Å². The number of aliphatic imine (C=N–C) groups is 1. The van der Waals surface area contributed by atoms with Gasteiger partial charge in [-0.15, -0.1) is 34.2 Å². The summed E-state index contributed by atoms with van der Waals surface area (Å²) in [4.78, 5) is 4.71. The molecule has 0 aromatic carbocycles. The molecule has 0 spiro atoms. The fraction of sp³-hybridized carbons (Fsp3) is 0.850. The largest absolute Gasteiger partial charge is 0.382 e. The fourth-order valence-electron chi connectivity index (χ4n) is 2.83. The number of halogens is 1. The summed E-state index contributed by atoms with van der Waals surface area (Å²) >= 11 is 0. The van der Waals surface area contributed by atoms with E-state index in [-0.39, 0.29) is 24.0 Å². The van der Waals surface area contributed by atoms with E-state index in [4.69, 9.17) is 9.73 Å². The summed E-state index contributed by atoms with van der Waals surface area (Å²) in [6.07, 6.45) is 7.29. The lowest BCUT2D eigenvalue weighted by atomic mass is 10.0. The summed E-state index contributed by atoms with van der Waals surface area (Å²) in [5.41, 5.74) is 0. The van der Waals surface area contributed by atoms with E-state index in [0.29, 0.717) is 6.04 Å². The second kappa shape index (κ2) is 17.0. The molecule has 1 heterocycles. The monoisotopic (exact) mass is 508 g/mol. The van der Waals surface area contributed by atoms with Crippen molar-refractivity contribution in [3.63, 3.8) is 0 Å². The minimum atomic E-state index is 0.